The maximum absolute atomic E-state index is 14.0. The van der Waals surface area contributed by atoms with Crippen molar-refractivity contribution in [3.8, 4) is 5.88 Å². The van der Waals surface area contributed by atoms with Crippen LogP contribution in [-0.4, -0.2) is 51.7 Å². The van der Waals surface area contributed by atoms with Gasteiger partial charge in [0.2, 0.25) is 5.88 Å². The van der Waals surface area contributed by atoms with Gasteiger partial charge in [0.1, 0.15) is 17.6 Å². The first-order chi connectivity index (χ1) is 13.5. The van der Waals surface area contributed by atoms with E-state index in [1.807, 2.05) is 0 Å². The average molecular weight is 385 g/mol. The Hall–Kier alpha value is -3.43. The van der Waals surface area contributed by atoms with Crippen LogP contribution in [0.4, 0.5) is 10.1 Å². The van der Waals surface area contributed by atoms with Gasteiger partial charge in [-0.05, 0) is 23.8 Å². The maximum Gasteiger partial charge on any atom is 0.213 e. The topological polar surface area (TPSA) is 124 Å². The van der Waals surface area contributed by atoms with Crippen molar-refractivity contribution in [2.24, 2.45) is 4.99 Å². The number of rotatable bonds is 7. The highest BCUT2D eigenvalue weighted by molar-refractivity contribution is 6.13. The Morgan fingerprint density at radius 1 is 1.46 bits per heavy atom. The van der Waals surface area contributed by atoms with Crippen molar-refractivity contribution in [3.05, 3.63) is 72.5 Å². The molecule has 0 saturated carbocycles. The second kappa shape index (κ2) is 10.0. The lowest BCUT2D eigenvalue weighted by molar-refractivity contribution is 0.125. The predicted octanol–water partition coefficient (Wildman–Crippen LogP) is 1.93. The van der Waals surface area contributed by atoms with Crippen molar-refractivity contribution in [1.29, 1.82) is 5.41 Å². The van der Waals surface area contributed by atoms with E-state index in [4.69, 9.17) is 15.3 Å². The minimum atomic E-state index is -1.21. The van der Waals surface area contributed by atoms with Gasteiger partial charge in [-0.2, -0.15) is 0 Å². The lowest BCUT2D eigenvalue weighted by Crippen LogP contribution is -2.19. The molecule has 9 heteroatoms. The molecule has 28 heavy (non-hydrogen) atoms. The fraction of sp³-hybridized carbons (Fsp3) is 0.158. The second-order valence-corrected chi connectivity index (χ2v) is 5.44. The summed E-state index contributed by atoms with van der Waals surface area (Å²) in [6.07, 6.45) is 3.88. The number of pyridine rings is 2. The molecule has 0 aliphatic heterocycles. The van der Waals surface area contributed by atoms with Crippen LogP contribution in [0.2, 0.25) is 0 Å². The van der Waals surface area contributed by atoms with Gasteiger partial charge in [-0.1, -0.05) is 18.7 Å². The number of anilines is 1. The van der Waals surface area contributed by atoms with Gasteiger partial charge in [0, 0.05) is 12.3 Å². The molecule has 0 bridgehead atoms. The Kier molecular flexibility index (Phi) is 7.49. The summed E-state index contributed by atoms with van der Waals surface area (Å²) in [6.45, 7) is 3.04. The third kappa shape index (κ3) is 5.53. The molecular weight excluding hydrogens is 365 g/mol. The summed E-state index contributed by atoms with van der Waals surface area (Å²) in [6, 6.07) is 6.24. The zero-order valence-corrected chi connectivity index (χ0v) is 15.1. The highest BCUT2D eigenvalue weighted by atomic mass is 19.1. The number of aliphatic hydroxyl groups is 2. The standard InChI is InChI=1S/C19H20FN5O3/c1-3-12(16(27)11-26)9-17(23-14-7-8-22-10-13(14)20)25-19(21)15-5-4-6-18(24-15)28-2/h3-10,16,26-27H,1,11H2,2H3,(H2,21,22,23,25)/b12-9-. The summed E-state index contributed by atoms with van der Waals surface area (Å²) in [5.41, 5.74) is 0.526. The fourth-order valence-electron chi connectivity index (χ4n) is 2.10. The van der Waals surface area contributed by atoms with Crippen LogP contribution in [-0.2, 0) is 0 Å². The molecule has 0 spiro atoms. The van der Waals surface area contributed by atoms with E-state index >= 15 is 0 Å². The number of hydrogen-bond donors (Lipinski definition) is 4. The van der Waals surface area contributed by atoms with Crippen LogP contribution in [0.1, 0.15) is 5.69 Å². The molecule has 2 aromatic rings. The smallest absolute Gasteiger partial charge is 0.213 e. The first kappa shape index (κ1) is 20.9. The van der Waals surface area contributed by atoms with Crippen molar-refractivity contribution in [2.45, 2.75) is 6.10 Å². The summed E-state index contributed by atoms with van der Waals surface area (Å²) in [7, 11) is 1.45. The molecule has 8 nitrogen and oxygen atoms in total. The minimum Gasteiger partial charge on any atom is -0.481 e. The van der Waals surface area contributed by atoms with Crippen molar-refractivity contribution < 1.29 is 19.3 Å². The first-order valence-electron chi connectivity index (χ1n) is 8.16. The first-order valence-corrected chi connectivity index (χ1v) is 8.16. The van der Waals surface area contributed by atoms with Crippen LogP contribution in [0.25, 0.3) is 0 Å². The fourth-order valence-corrected chi connectivity index (χ4v) is 2.10. The third-order valence-corrected chi connectivity index (χ3v) is 3.54. The molecule has 2 aromatic heterocycles. The van der Waals surface area contributed by atoms with E-state index in [0.29, 0.717) is 5.88 Å². The summed E-state index contributed by atoms with van der Waals surface area (Å²) in [5, 5.41) is 30.0. The van der Waals surface area contributed by atoms with Crippen LogP contribution in [0.3, 0.4) is 0 Å². The van der Waals surface area contributed by atoms with Crippen LogP contribution >= 0.6 is 0 Å². The molecule has 1 unspecified atom stereocenters. The van der Waals surface area contributed by atoms with E-state index in [0.717, 1.165) is 6.20 Å². The zero-order chi connectivity index (χ0) is 20.5. The molecule has 0 aliphatic rings. The number of nitrogens with zero attached hydrogens (tertiary/aromatic N) is 3. The lowest BCUT2D eigenvalue weighted by Gasteiger charge is -2.12. The number of amidine groups is 2. The minimum absolute atomic E-state index is 0.0297. The molecule has 1 atom stereocenters. The van der Waals surface area contributed by atoms with Gasteiger partial charge in [-0.25, -0.2) is 14.4 Å². The number of halogens is 1. The van der Waals surface area contributed by atoms with Crippen LogP contribution in [0.15, 0.2) is 66.0 Å². The second-order valence-electron chi connectivity index (χ2n) is 5.44. The highest BCUT2D eigenvalue weighted by Crippen LogP contribution is 2.14. The van der Waals surface area contributed by atoms with Crippen LogP contribution in [0.5, 0.6) is 5.88 Å². The Labute approximate surface area is 161 Å². The van der Waals surface area contributed by atoms with Gasteiger partial charge in [-0.15, -0.1) is 0 Å². The Balaban J connectivity index is 2.45. The number of hydrogen-bond acceptors (Lipinski definition) is 6. The van der Waals surface area contributed by atoms with Crippen LogP contribution in [0, 0.1) is 11.2 Å². The number of aliphatic imine (C=N–C) groups is 1. The normalized spacial score (nSPS) is 13.0. The van der Waals surface area contributed by atoms with Gasteiger partial charge < -0.3 is 20.3 Å². The third-order valence-electron chi connectivity index (χ3n) is 3.54. The van der Waals surface area contributed by atoms with Crippen molar-refractivity contribution in [3.63, 3.8) is 0 Å². The summed E-state index contributed by atoms with van der Waals surface area (Å²) in [5.74, 6) is -0.515. The van der Waals surface area contributed by atoms with E-state index < -0.39 is 18.5 Å². The molecule has 0 radical (unpaired) electrons. The van der Waals surface area contributed by atoms with Gasteiger partial charge in [0.05, 0.1) is 25.6 Å². The van der Waals surface area contributed by atoms with Gasteiger partial charge >= 0.3 is 0 Å². The molecule has 0 amide bonds. The van der Waals surface area contributed by atoms with Crippen molar-refractivity contribution in [2.75, 3.05) is 19.0 Å². The summed E-state index contributed by atoms with van der Waals surface area (Å²) >= 11 is 0. The Morgan fingerprint density at radius 2 is 2.25 bits per heavy atom. The zero-order valence-electron chi connectivity index (χ0n) is 15.1. The maximum atomic E-state index is 14.0. The lowest BCUT2D eigenvalue weighted by atomic mass is 10.1. The molecule has 146 valence electrons. The van der Waals surface area contributed by atoms with E-state index in [2.05, 4.69) is 26.9 Å². The molecule has 4 N–H and O–H groups in total. The van der Waals surface area contributed by atoms with Gasteiger partial charge in [0.15, 0.2) is 11.7 Å². The predicted molar refractivity (Wildman–Crippen MR) is 104 cm³/mol. The van der Waals surface area contributed by atoms with E-state index in [-0.39, 0.29) is 28.6 Å². The highest BCUT2D eigenvalue weighted by Gasteiger charge is 2.11. The summed E-state index contributed by atoms with van der Waals surface area (Å²) in [4.78, 5) is 11.9. The molecule has 0 fully saturated rings. The average Bonchev–Trinajstić information content (AvgIpc) is 2.72. The molecule has 2 rings (SSSR count). The Bertz CT molecular complexity index is 914. The molecule has 0 aromatic carbocycles. The quantitative estimate of drug-likeness (QED) is 0.328. The van der Waals surface area contributed by atoms with E-state index in [9.17, 15) is 9.50 Å². The number of ether oxygens (including phenoxy) is 1. The molecular formula is C19H20FN5O3. The largest absolute Gasteiger partial charge is 0.481 e. The number of aliphatic hydroxyl groups excluding tert-OH is 2. The van der Waals surface area contributed by atoms with E-state index in [1.165, 1.54) is 31.5 Å². The van der Waals surface area contributed by atoms with Crippen molar-refractivity contribution >= 4 is 17.4 Å². The number of aromatic nitrogens is 2. The SMILES string of the molecule is C=C/C(=C/C(=N\C(=N)c1cccc(OC)n1)Nc1ccncc1F)C(O)CO. The Morgan fingerprint density at radius 3 is 2.89 bits per heavy atom. The van der Waals surface area contributed by atoms with E-state index in [1.54, 1.807) is 18.2 Å². The summed E-state index contributed by atoms with van der Waals surface area (Å²) < 4.78 is 19.0. The van der Waals surface area contributed by atoms with Crippen LogP contribution < -0.4 is 10.1 Å². The number of methoxy groups -OCH3 is 1. The number of nitrogens with one attached hydrogen (secondary N) is 2. The van der Waals surface area contributed by atoms with Crippen molar-refractivity contribution in [1.82, 2.24) is 9.97 Å². The molecule has 0 saturated heterocycles. The molecule has 0 aliphatic carbocycles. The molecule has 2 heterocycles. The monoisotopic (exact) mass is 385 g/mol. The van der Waals surface area contributed by atoms with Gasteiger partial charge in [0.25, 0.3) is 0 Å². The van der Waals surface area contributed by atoms with Gasteiger partial charge in [-0.3, -0.25) is 10.4 Å².